The summed E-state index contributed by atoms with van der Waals surface area (Å²) in [7, 11) is 2.12. The van der Waals surface area contributed by atoms with Crippen molar-refractivity contribution >= 4 is 46.4 Å². The summed E-state index contributed by atoms with van der Waals surface area (Å²) < 4.78 is 0. The van der Waals surface area contributed by atoms with Gasteiger partial charge in [-0.25, -0.2) is 0 Å². The number of aromatic amines is 1. The van der Waals surface area contributed by atoms with Crippen LogP contribution in [0.2, 0.25) is 10.0 Å². The number of piperazine rings is 1. The van der Waals surface area contributed by atoms with Gasteiger partial charge in [0.2, 0.25) is 0 Å². The van der Waals surface area contributed by atoms with Crippen LogP contribution in [0, 0.1) is 0 Å². The molecule has 0 radical (unpaired) electrons. The SMILES string of the molecule is CN1CCN(Cc2cccc(C(=O)Nc3cn[nH]c3C(=O)Nc3ccc(Cl)cc3Cl)c2)CC1. The number of nitrogens with one attached hydrogen (secondary N) is 3. The Kier molecular flexibility index (Phi) is 7.29. The van der Waals surface area contributed by atoms with Crippen molar-refractivity contribution in [2.75, 3.05) is 43.9 Å². The van der Waals surface area contributed by atoms with Crippen molar-refractivity contribution in [2.24, 2.45) is 0 Å². The molecule has 33 heavy (non-hydrogen) atoms. The zero-order valence-corrected chi connectivity index (χ0v) is 19.6. The van der Waals surface area contributed by atoms with Crippen LogP contribution in [0.5, 0.6) is 0 Å². The number of carbonyl (C=O) groups is 2. The van der Waals surface area contributed by atoms with E-state index >= 15 is 0 Å². The van der Waals surface area contributed by atoms with Gasteiger partial charge in [0.25, 0.3) is 11.8 Å². The molecule has 2 aromatic carbocycles. The van der Waals surface area contributed by atoms with Gasteiger partial charge >= 0.3 is 0 Å². The van der Waals surface area contributed by atoms with Crippen LogP contribution in [0.15, 0.2) is 48.7 Å². The lowest BCUT2D eigenvalue weighted by Gasteiger charge is -2.32. The van der Waals surface area contributed by atoms with Gasteiger partial charge in [0.1, 0.15) is 5.69 Å². The Morgan fingerprint density at radius 1 is 1.00 bits per heavy atom. The van der Waals surface area contributed by atoms with Crippen LogP contribution in [0.1, 0.15) is 26.4 Å². The van der Waals surface area contributed by atoms with Crippen LogP contribution in [-0.4, -0.2) is 65.0 Å². The van der Waals surface area contributed by atoms with Gasteiger partial charge in [0, 0.05) is 43.3 Å². The second kappa shape index (κ2) is 10.4. The van der Waals surface area contributed by atoms with Crippen LogP contribution in [-0.2, 0) is 6.54 Å². The van der Waals surface area contributed by atoms with E-state index in [1.54, 1.807) is 18.2 Å². The fraction of sp³-hybridized carbons (Fsp3) is 0.261. The standard InChI is InChI=1S/C23H24Cl2N6O2/c1-30-7-9-31(10-8-30)14-15-3-2-4-16(11-15)22(32)28-20-13-26-29-21(20)23(33)27-19-6-5-17(24)12-18(19)25/h2-6,11-13H,7-10,14H2,1H3,(H,26,29)(H,27,33)(H,28,32). The molecule has 0 atom stereocenters. The molecule has 1 aliphatic heterocycles. The topological polar surface area (TPSA) is 93.4 Å². The van der Waals surface area contributed by atoms with Crippen LogP contribution in [0.4, 0.5) is 11.4 Å². The lowest BCUT2D eigenvalue weighted by Crippen LogP contribution is -2.43. The molecule has 1 saturated heterocycles. The van der Waals surface area contributed by atoms with Crippen LogP contribution >= 0.6 is 23.2 Å². The van der Waals surface area contributed by atoms with Crippen molar-refractivity contribution in [3.8, 4) is 0 Å². The molecule has 3 N–H and O–H groups in total. The number of rotatable bonds is 6. The fourth-order valence-electron chi connectivity index (χ4n) is 3.60. The Morgan fingerprint density at radius 3 is 2.52 bits per heavy atom. The van der Waals surface area contributed by atoms with Crippen molar-refractivity contribution < 1.29 is 9.59 Å². The Morgan fingerprint density at radius 2 is 1.76 bits per heavy atom. The zero-order chi connectivity index (χ0) is 23.4. The molecule has 2 heterocycles. The summed E-state index contributed by atoms with van der Waals surface area (Å²) in [6.07, 6.45) is 1.39. The van der Waals surface area contributed by atoms with E-state index in [0.717, 1.165) is 38.3 Å². The zero-order valence-electron chi connectivity index (χ0n) is 18.1. The minimum absolute atomic E-state index is 0.114. The molecule has 4 rings (SSSR count). The van der Waals surface area contributed by atoms with Gasteiger partial charge in [-0.3, -0.25) is 19.6 Å². The highest BCUT2D eigenvalue weighted by Gasteiger charge is 2.19. The highest BCUT2D eigenvalue weighted by atomic mass is 35.5. The van der Waals surface area contributed by atoms with E-state index in [1.165, 1.54) is 12.3 Å². The monoisotopic (exact) mass is 486 g/mol. The number of carbonyl (C=O) groups excluding carboxylic acids is 2. The maximum absolute atomic E-state index is 12.9. The maximum atomic E-state index is 12.9. The first-order valence-electron chi connectivity index (χ1n) is 10.5. The molecule has 0 saturated carbocycles. The summed E-state index contributed by atoms with van der Waals surface area (Å²) in [5.74, 6) is -0.814. The molecule has 0 spiro atoms. The molecule has 2 amide bonds. The molecule has 1 fully saturated rings. The third-order valence-electron chi connectivity index (χ3n) is 5.49. The predicted molar refractivity (Wildman–Crippen MR) is 130 cm³/mol. The highest BCUT2D eigenvalue weighted by molar-refractivity contribution is 6.36. The molecule has 3 aromatic rings. The van der Waals surface area contributed by atoms with Crippen molar-refractivity contribution in [2.45, 2.75) is 6.54 Å². The van der Waals surface area contributed by atoms with Gasteiger partial charge in [-0.2, -0.15) is 5.10 Å². The largest absolute Gasteiger partial charge is 0.319 e. The number of hydrogen-bond acceptors (Lipinski definition) is 5. The molecular formula is C23H24Cl2N6O2. The summed E-state index contributed by atoms with van der Waals surface area (Å²) in [6.45, 7) is 4.85. The predicted octanol–water partition coefficient (Wildman–Crippen LogP) is 3.97. The third kappa shape index (κ3) is 5.91. The summed E-state index contributed by atoms with van der Waals surface area (Å²) in [4.78, 5) is 30.3. The number of halogens is 2. The number of nitrogens with zero attached hydrogens (tertiary/aromatic N) is 3. The van der Waals surface area contributed by atoms with Crippen molar-refractivity contribution in [1.82, 2.24) is 20.0 Å². The quantitative estimate of drug-likeness (QED) is 0.490. The van der Waals surface area contributed by atoms with Crippen molar-refractivity contribution in [3.63, 3.8) is 0 Å². The lowest BCUT2D eigenvalue weighted by molar-refractivity contribution is 0.102. The molecule has 1 aliphatic rings. The van der Waals surface area contributed by atoms with E-state index in [2.05, 4.69) is 37.7 Å². The Bertz CT molecular complexity index is 1160. The second-order valence-electron chi connectivity index (χ2n) is 7.97. The average Bonchev–Trinajstić information content (AvgIpc) is 3.26. The molecule has 0 aliphatic carbocycles. The normalized spacial score (nSPS) is 14.8. The average molecular weight is 487 g/mol. The van der Waals surface area contributed by atoms with E-state index < -0.39 is 5.91 Å². The molecule has 1 aromatic heterocycles. The molecule has 0 bridgehead atoms. The Labute approximate surface area is 201 Å². The van der Waals surface area contributed by atoms with Gasteiger partial charge < -0.3 is 15.5 Å². The fourth-order valence-corrected chi connectivity index (χ4v) is 4.05. The first-order valence-corrected chi connectivity index (χ1v) is 11.3. The number of aromatic nitrogens is 2. The molecular weight excluding hydrogens is 463 g/mol. The van der Waals surface area contributed by atoms with Gasteiger partial charge in [0.05, 0.1) is 22.6 Å². The van der Waals surface area contributed by atoms with E-state index in [0.29, 0.717) is 21.3 Å². The molecule has 0 unspecified atom stereocenters. The maximum Gasteiger partial charge on any atom is 0.275 e. The summed E-state index contributed by atoms with van der Waals surface area (Å²) >= 11 is 12.0. The number of anilines is 2. The number of benzene rings is 2. The number of likely N-dealkylation sites (N-methyl/N-ethyl adjacent to an activating group) is 1. The second-order valence-corrected chi connectivity index (χ2v) is 8.81. The van der Waals surface area contributed by atoms with Crippen molar-refractivity contribution in [1.29, 1.82) is 0 Å². The molecule has 10 heteroatoms. The van der Waals surface area contributed by atoms with E-state index in [9.17, 15) is 9.59 Å². The van der Waals surface area contributed by atoms with Crippen LogP contribution in [0.25, 0.3) is 0 Å². The van der Waals surface area contributed by atoms with Gasteiger partial charge in [-0.1, -0.05) is 35.3 Å². The van der Waals surface area contributed by atoms with E-state index in [4.69, 9.17) is 23.2 Å². The van der Waals surface area contributed by atoms with Gasteiger partial charge in [-0.05, 0) is 42.9 Å². The summed E-state index contributed by atoms with van der Waals surface area (Å²) in [6, 6.07) is 12.3. The number of hydrogen-bond donors (Lipinski definition) is 3. The highest BCUT2D eigenvalue weighted by Crippen LogP contribution is 2.26. The van der Waals surface area contributed by atoms with Gasteiger partial charge in [-0.15, -0.1) is 0 Å². The first-order chi connectivity index (χ1) is 15.9. The van der Waals surface area contributed by atoms with E-state index in [1.807, 2.05) is 18.2 Å². The smallest absolute Gasteiger partial charge is 0.275 e. The minimum Gasteiger partial charge on any atom is -0.319 e. The molecule has 172 valence electrons. The van der Waals surface area contributed by atoms with Crippen LogP contribution < -0.4 is 10.6 Å². The van der Waals surface area contributed by atoms with Crippen molar-refractivity contribution in [3.05, 3.63) is 75.5 Å². The first kappa shape index (κ1) is 23.3. The summed E-state index contributed by atoms with van der Waals surface area (Å²) in [5, 5.41) is 12.8. The number of amides is 2. The molecule has 8 nitrogen and oxygen atoms in total. The third-order valence-corrected chi connectivity index (χ3v) is 6.03. The van der Waals surface area contributed by atoms with E-state index in [-0.39, 0.29) is 17.3 Å². The Balaban J connectivity index is 1.42. The van der Waals surface area contributed by atoms with Gasteiger partial charge in [0.15, 0.2) is 0 Å². The number of H-pyrrole nitrogens is 1. The Hall–Kier alpha value is -2.91. The summed E-state index contributed by atoms with van der Waals surface area (Å²) in [5.41, 5.74) is 2.36. The van der Waals surface area contributed by atoms with Crippen LogP contribution in [0.3, 0.4) is 0 Å². The minimum atomic E-state index is -0.490. The lowest BCUT2D eigenvalue weighted by atomic mass is 10.1.